The third-order valence-corrected chi connectivity index (χ3v) is 4.85. The van der Waals surface area contributed by atoms with E-state index in [0.717, 1.165) is 30.2 Å². The Morgan fingerprint density at radius 3 is 2.67 bits per heavy atom. The van der Waals surface area contributed by atoms with Gasteiger partial charge in [0.1, 0.15) is 5.82 Å². The second-order valence-electron chi connectivity index (χ2n) is 5.75. The standard InChI is InChI=1S/C20H26FN3O2S/c1-3-22-20(24-14-15-6-4-7-18(26-2)19(15)25)23-12-5-13-27-17-10-8-16(21)9-11-17/h4,6-11,25H,3,5,12-14H2,1-2H3,(H2,22,23,24). The number of hydrogen-bond donors (Lipinski definition) is 3. The van der Waals surface area contributed by atoms with Crippen molar-refractivity contribution >= 4 is 17.7 Å². The van der Waals surface area contributed by atoms with Gasteiger partial charge in [0.2, 0.25) is 0 Å². The molecule has 0 amide bonds. The number of rotatable bonds is 9. The maximum Gasteiger partial charge on any atom is 0.191 e. The van der Waals surface area contributed by atoms with E-state index in [0.29, 0.717) is 23.8 Å². The Kier molecular flexibility index (Phi) is 8.77. The Labute approximate surface area is 164 Å². The van der Waals surface area contributed by atoms with Crippen LogP contribution in [0.3, 0.4) is 0 Å². The number of nitrogens with zero attached hydrogens (tertiary/aromatic N) is 1. The highest BCUT2D eigenvalue weighted by Crippen LogP contribution is 2.29. The number of nitrogens with one attached hydrogen (secondary N) is 2. The number of aliphatic imine (C=N–C) groups is 1. The van der Waals surface area contributed by atoms with Crippen LogP contribution in [0.25, 0.3) is 0 Å². The molecule has 0 aromatic heterocycles. The number of hydrogen-bond acceptors (Lipinski definition) is 4. The molecule has 146 valence electrons. The number of aromatic hydroxyl groups is 1. The van der Waals surface area contributed by atoms with Gasteiger partial charge < -0.3 is 20.5 Å². The van der Waals surface area contributed by atoms with Crippen LogP contribution in [0.5, 0.6) is 11.5 Å². The summed E-state index contributed by atoms with van der Waals surface area (Å²) >= 11 is 1.70. The van der Waals surface area contributed by atoms with Gasteiger partial charge in [0.05, 0.1) is 13.7 Å². The molecule has 27 heavy (non-hydrogen) atoms. The largest absolute Gasteiger partial charge is 0.504 e. The molecule has 2 aromatic rings. The molecular weight excluding hydrogens is 365 g/mol. The fraction of sp³-hybridized carbons (Fsp3) is 0.350. The van der Waals surface area contributed by atoms with Crippen molar-refractivity contribution in [2.75, 3.05) is 26.0 Å². The number of phenols is 1. The summed E-state index contributed by atoms with van der Waals surface area (Å²) in [6.07, 6.45) is 0.941. The predicted molar refractivity (Wildman–Crippen MR) is 109 cm³/mol. The number of halogens is 1. The van der Waals surface area contributed by atoms with Gasteiger partial charge in [-0.25, -0.2) is 9.38 Å². The summed E-state index contributed by atoms with van der Waals surface area (Å²) in [7, 11) is 1.53. The summed E-state index contributed by atoms with van der Waals surface area (Å²) in [6, 6.07) is 11.9. The molecule has 0 radical (unpaired) electrons. The lowest BCUT2D eigenvalue weighted by Crippen LogP contribution is -2.37. The molecule has 2 rings (SSSR count). The molecule has 2 aromatic carbocycles. The van der Waals surface area contributed by atoms with E-state index in [-0.39, 0.29) is 11.6 Å². The van der Waals surface area contributed by atoms with Crippen molar-refractivity contribution < 1.29 is 14.2 Å². The van der Waals surface area contributed by atoms with Crippen LogP contribution in [0.1, 0.15) is 18.9 Å². The van der Waals surface area contributed by atoms with E-state index in [2.05, 4.69) is 15.6 Å². The smallest absolute Gasteiger partial charge is 0.191 e. The van der Waals surface area contributed by atoms with Crippen molar-refractivity contribution in [3.8, 4) is 11.5 Å². The first-order chi connectivity index (χ1) is 13.1. The molecular formula is C20H26FN3O2S. The van der Waals surface area contributed by atoms with Crippen molar-refractivity contribution in [3.05, 3.63) is 53.8 Å². The van der Waals surface area contributed by atoms with E-state index in [9.17, 15) is 9.50 Å². The topological polar surface area (TPSA) is 65.9 Å². The quantitative estimate of drug-likeness (QED) is 0.263. The highest BCUT2D eigenvalue weighted by atomic mass is 32.2. The first-order valence-electron chi connectivity index (χ1n) is 8.89. The van der Waals surface area contributed by atoms with Crippen molar-refractivity contribution in [2.45, 2.75) is 24.8 Å². The summed E-state index contributed by atoms with van der Waals surface area (Å²) < 4.78 is 18.0. The van der Waals surface area contributed by atoms with Gasteiger partial charge in [-0.05, 0) is 49.4 Å². The van der Waals surface area contributed by atoms with Crippen molar-refractivity contribution in [2.24, 2.45) is 4.99 Å². The van der Waals surface area contributed by atoms with Crippen LogP contribution in [0, 0.1) is 5.82 Å². The number of phenolic OH excluding ortho intramolecular Hbond substituents is 1. The number of ether oxygens (including phenoxy) is 1. The molecule has 0 atom stereocenters. The van der Waals surface area contributed by atoms with E-state index in [1.165, 1.54) is 19.2 Å². The highest BCUT2D eigenvalue weighted by Gasteiger charge is 2.07. The predicted octanol–water partition coefficient (Wildman–Crippen LogP) is 3.78. The van der Waals surface area contributed by atoms with Gasteiger partial charge in [0.25, 0.3) is 0 Å². The second kappa shape index (κ2) is 11.3. The molecule has 0 aliphatic rings. The third kappa shape index (κ3) is 7.02. The van der Waals surface area contributed by atoms with E-state index >= 15 is 0 Å². The van der Waals surface area contributed by atoms with Crippen LogP contribution in [-0.4, -0.2) is 37.0 Å². The lowest BCUT2D eigenvalue weighted by atomic mass is 10.2. The SMILES string of the molecule is CCNC(=NCc1cccc(OC)c1O)NCCCSc1ccc(F)cc1. The number of methoxy groups -OCH3 is 1. The first kappa shape index (κ1) is 20.9. The minimum absolute atomic E-state index is 0.121. The molecule has 0 bridgehead atoms. The van der Waals surface area contributed by atoms with Crippen molar-refractivity contribution in [1.29, 1.82) is 0 Å². The summed E-state index contributed by atoms with van der Waals surface area (Å²) in [5.41, 5.74) is 0.707. The molecule has 3 N–H and O–H groups in total. The highest BCUT2D eigenvalue weighted by molar-refractivity contribution is 7.99. The summed E-state index contributed by atoms with van der Waals surface area (Å²) in [5.74, 6) is 1.98. The number of guanidine groups is 1. The van der Waals surface area contributed by atoms with Crippen LogP contribution in [0.15, 0.2) is 52.4 Å². The van der Waals surface area contributed by atoms with Gasteiger partial charge in [-0.15, -0.1) is 11.8 Å². The molecule has 0 aliphatic heterocycles. The maximum atomic E-state index is 12.9. The molecule has 0 aliphatic carbocycles. The average Bonchev–Trinajstić information content (AvgIpc) is 2.68. The Morgan fingerprint density at radius 1 is 1.19 bits per heavy atom. The maximum absolute atomic E-state index is 12.9. The Morgan fingerprint density at radius 2 is 1.96 bits per heavy atom. The van der Waals surface area contributed by atoms with Gasteiger partial charge in [-0.3, -0.25) is 0 Å². The summed E-state index contributed by atoms with van der Waals surface area (Å²) in [6.45, 7) is 3.87. The van der Waals surface area contributed by atoms with Crippen LogP contribution in [-0.2, 0) is 6.54 Å². The lowest BCUT2D eigenvalue weighted by molar-refractivity contribution is 0.370. The number of para-hydroxylation sites is 1. The van der Waals surface area contributed by atoms with E-state index in [1.54, 1.807) is 30.0 Å². The molecule has 7 heteroatoms. The van der Waals surface area contributed by atoms with Crippen molar-refractivity contribution in [1.82, 2.24) is 10.6 Å². The van der Waals surface area contributed by atoms with Crippen molar-refractivity contribution in [3.63, 3.8) is 0 Å². The zero-order valence-electron chi connectivity index (χ0n) is 15.7. The van der Waals surface area contributed by atoms with Crippen LogP contribution >= 0.6 is 11.8 Å². The zero-order chi connectivity index (χ0) is 19.5. The third-order valence-electron chi connectivity index (χ3n) is 3.75. The fourth-order valence-electron chi connectivity index (χ4n) is 2.37. The average molecular weight is 392 g/mol. The second-order valence-corrected chi connectivity index (χ2v) is 6.91. The molecule has 5 nitrogen and oxygen atoms in total. The molecule has 0 saturated carbocycles. The van der Waals surface area contributed by atoms with Crippen LogP contribution in [0.2, 0.25) is 0 Å². The van der Waals surface area contributed by atoms with E-state index in [4.69, 9.17) is 4.74 Å². The van der Waals surface area contributed by atoms with Crippen LogP contribution < -0.4 is 15.4 Å². The lowest BCUT2D eigenvalue weighted by Gasteiger charge is -2.12. The molecule has 0 saturated heterocycles. The minimum atomic E-state index is -0.213. The molecule has 0 fully saturated rings. The molecule has 0 spiro atoms. The normalized spacial score (nSPS) is 11.3. The molecule has 0 unspecified atom stereocenters. The Hall–Kier alpha value is -2.41. The fourth-order valence-corrected chi connectivity index (χ4v) is 3.22. The first-order valence-corrected chi connectivity index (χ1v) is 9.88. The summed E-state index contributed by atoms with van der Waals surface area (Å²) in [5, 5.41) is 16.6. The number of benzene rings is 2. The van der Waals surface area contributed by atoms with Gasteiger partial charge in [-0.2, -0.15) is 0 Å². The Balaban J connectivity index is 1.80. The van der Waals surface area contributed by atoms with E-state index in [1.807, 2.05) is 19.1 Å². The molecule has 0 heterocycles. The minimum Gasteiger partial charge on any atom is -0.504 e. The van der Waals surface area contributed by atoms with Gasteiger partial charge in [0, 0.05) is 23.5 Å². The summed E-state index contributed by atoms with van der Waals surface area (Å²) in [4.78, 5) is 5.58. The van der Waals surface area contributed by atoms with Crippen LogP contribution in [0.4, 0.5) is 4.39 Å². The van der Waals surface area contributed by atoms with E-state index < -0.39 is 0 Å². The zero-order valence-corrected chi connectivity index (χ0v) is 16.5. The van der Waals surface area contributed by atoms with Gasteiger partial charge in [0.15, 0.2) is 17.5 Å². The van der Waals surface area contributed by atoms with Gasteiger partial charge in [-0.1, -0.05) is 12.1 Å². The monoisotopic (exact) mass is 391 g/mol. The number of thioether (sulfide) groups is 1. The Bertz CT molecular complexity index is 739. The van der Waals surface area contributed by atoms with Gasteiger partial charge >= 0.3 is 0 Å².